The SMILES string of the molecule is C=C1CC(c2nc3c(C)cccc3[nH]2)N(C(=O)c2cc(C)c(C)cc2-n2nccn2)C1. The molecule has 0 bridgehead atoms. The van der Waals surface area contributed by atoms with Gasteiger partial charge in [0.15, 0.2) is 0 Å². The smallest absolute Gasteiger partial charge is 0.257 e. The minimum Gasteiger partial charge on any atom is -0.340 e. The second-order valence-corrected chi connectivity index (χ2v) is 8.27. The number of benzene rings is 2. The predicted molar refractivity (Wildman–Crippen MR) is 119 cm³/mol. The number of rotatable bonds is 3. The number of H-pyrrole nitrogens is 1. The lowest BCUT2D eigenvalue weighted by Gasteiger charge is -2.24. The molecule has 7 heteroatoms. The van der Waals surface area contributed by atoms with Gasteiger partial charge < -0.3 is 9.88 Å². The summed E-state index contributed by atoms with van der Waals surface area (Å²) in [6.07, 6.45) is 3.91. The maximum atomic E-state index is 13.8. The second kappa shape index (κ2) is 7.19. The van der Waals surface area contributed by atoms with E-state index in [-0.39, 0.29) is 11.9 Å². The van der Waals surface area contributed by atoms with Crippen molar-refractivity contribution in [2.75, 3.05) is 6.54 Å². The highest BCUT2D eigenvalue weighted by Crippen LogP contribution is 2.36. The standard InChI is InChI=1S/C24H24N6O/c1-14-10-21(23-27-19-7-5-6-15(2)22(19)28-23)29(13-14)24(31)18-11-16(3)17(4)12-20(18)30-25-8-9-26-30/h5-9,11-12,21H,1,10,13H2,2-4H3,(H,27,28). The second-order valence-electron chi connectivity index (χ2n) is 8.27. The van der Waals surface area contributed by atoms with Gasteiger partial charge in [-0.1, -0.05) is 24.3 Å². The largest absolute Gasteiger partial charge is 0.340 e. The highest BCUT2D eigenvalue weighted by Gasteiger charge is 2.36. The van der Waals surface area contributed by atoms with Gasteiger partial charge in [-0.15, -0.1) is 0 Å². The van der Waals surface area contributed by atoms with Crippen molar-refractivity contribution in [2.24, 2.45) is 0 Å². The zero-order chi connectivity index (χ0) is 21.7. The first kappa shape index (κ1) is 19.2. The summed E-state index contributed by atoms with van der Waals surface area (Å²) < 4.78 is 0. The molecule has 4 aromatic rings. The van der Waals surface area contributed by atoms with E-state index in [4.69, 9.17) is 4.98 Å². The normalized spacial score (nSPS) is 16.4. The van der Waals surface area contributed by atoms with Crippen LogP contribution in [0.5, 0.6) is 0 Å². The molecule has 156 valence electrons. The highest BCUT2D eigenvalue weighted by atomic mass is 16.2. The Morgan fingerprint density at radius 2 is 1.84 bits per heavy atom. The van der Waals surface area contributed by atoms with Gasteiger partial charge in [0.25, 0.3) is 5.91 Å². The number of para-hydroxylation sites is 1. The number of amides is 1. The van der Waals surface area contributed by atoms with Crippen LogP contribution in [0.2, 0.25) is 0 Å². The van der Waals surface area contributed by atoms with Crippen LogP contribution in [-0.4, -0.2) is 42.3 Å². The summed E-state index contributed by atoms with van der Waals surface area (Å²) in [6, 6.07) is 9.77. The number of likely N-dealkylation sites (tertiary alicyclic amines) is 1. The highest BCUT2D eigenvalue weighted by molar-refractivity contribution is 5.98. The number of carbonyl (C=O) groups excluding carboxylic acids is 1. The van der Waals surface area contributed by atoms with E-state index >= 15 is 0 Å². The molecule has 0 radical (unpaired) electrons. The van der Waals surface area contributed by atoms with Gasteiger partial charge in [0.2, 0.25) is 0 Å². The first-order valence-corrected chi connectivity index (χ1v) is 10.3. The molecule has 0 aliphatic carbocycles. The van der Waals surface area contributed by atoms with Crippen LogP contribution in [0.15, 0.2) is 54.9 Å². The quantitative estimate of drug-likeness (QED) is 0.511. The van der Waals surface area contributed by atoms with Gasteiger partial charge >= 0.3 is 0 Å². The van der Waals surface area contributed by atoms with Crippen molar-refractivity contribution in [2.45, 2.75) is 33.2 Å². The van der Waals surface area contributed by atoms with Gasteiger partial charge in [0.05, 0.1) is 40.7 Å². The van der Waals surface area contributed by atoms with Gasteiger partial charge in [0, 0.05) is 6.54 Å². The van der Waals surface area contributed by atoms with Crippen LogP contribution < -0.4 is 0 Å². The fourth-order valence-electron chi connectivity index (χ4n) is 4.24. The van der Waals surface area contributed by atoms with Crippen LogP contribution in [0, 0.1) is 20.8 Å². The van der Waals surface area contributed by atoms with Gasteiger partial charge in [-0.25, -0.2) is 4.98 Å². The molecule has 1 atom stereocenters. The van der Waals surface area contributed by atoms with E-state index in [0.717, 1.165) is 39.1 Å². The molecular weight excluding hydrogens is 388 g/mol. The van der Waals surface area contributed by atoms with E-state index in [1.54, 1.807) is 12.4 Å². The van der Waals surface area contributed by atoms with Gasteiger partial charge in [-0.3, -0.25) is 4.79 Å². The van der Waals surface area contributed by atoms with Gasteiger partial charge in [-0.05, 0) is 62.1 Å². The number of carbonyl (C=O) groups is 1. The van der Waals surface area contributed by atoms with E-state index in [0.29, 0.717) is 24.2 Å². The molecule has 31 heavy (non-hydrogen) atoms. The number of fused-ring (bicyclic) bond motifs is 1. The van der Waals surface area contributed by atoms with E-state index in [1.165, 1.54) is 4.80 Å². The molecule has 1 amide bonds. The van der Waals surface area contributed by atoms with E-state index in [1.807, 2.05) is 56.0 Å². The monoisotopic (exact) mass is 412 g/mol. The van der Waals surface area contributed by atoms with Crippen LogP contribution >= 0.6 is 0 Å². The first-order chi connectivity index (χ1) is 14.9. The van der Waals surface area contributed by atoms with Crippen molar-refractivity contribution in [3.05, 3.63) is 83.0 Å². The molecule has 5 rings (SSSR count). The zero-order valence-corrected chi connectivity index (χ0v) is 17.9. The van der Waals surface area contributed by atoms with Crippen molar-refractivity contribution in [1.82, 2.24) is 29.9 Å². The molecule has 1 fully saturated rings. The Kier molecular flexibility index (Phi) is 4.46. The van der Waals surface area contributed by atoms with Gasteiger partial charge in [0.1, 0.15) is 5.82 Å². The predicted octanol–water partition coefficient (Wildman–Crippen LogP) is 4.21. The summed E-state index contributed by atoms with van der Waals surface area (Å²) in [4.78, 5) is 25.4. The average molecular weight is 412 g/mol. The summed E-state index contributed by atoms with van der Waals surface area (Å²) in [5, 5.41) is 8.51. The Balaban J connectivity index is 1.59. The minimum absolute atomic E-state index is 0.0729. The molecular formula is C24H24N6O. The first-order valence-electron chi connectivity index (χ1n) is 10.3. The Hall–Kier alpha value is -3.74. The lowest BCUT2D eigenvalue weighted by Crippen LogP contribution is -2.32. The minimum atomic E-state index is -0.188. The van der Waals surface area contributed by atoms with Crippen LogP contribution in [0.25, 0.3) is 16.7 Å². The van der Waals surface area contributed by atoms with Crippen molar-refractivity contribution in [1.29, 1.82) is 0 Å². The molecule has 1 saturated heterocycles. The van der Waals surface area contributed by atoms with Crippen molar-refractivity contribution in [3.8, 4) is 5.69 Å². The van der Waals surface area contributed by atoms with Crippen LogP contribution in [0.1, 0.15) is 45.3 Å². The van der Waals surface area contributed by atoms with E-state index < -0.39 is 0 Å². The number of hydrogen-bond donors (Lipinski definition) is 1. The average Bonchev–Trinajstić information content (AvgIpc) is 3.48. The third-order valence-electron chi connectivity index (χ3n) is 6.04. The van der Waals surface area contributed by atoms with Crippen LogP contribution in [-0.2, 0) is 0 Å². The number of nitrogens with one attached hydrogen (secondary N) is 1. The van der Waals surface area contributed by atoms with E-state index in [9.17, 15) is 4.79 Å². The van der Waals surface area contributed by atoms with E-state index in [2.05, 4.69) is 21.8 Å². The lowest BCUT2D eigenvalue weighted by molar-refractivity contribution is 0.0732. The Morgan fingerprint density at radius 1 is 1.10 bits per heavy atom. The van der Waals surface area contributed by atoms with Crippen molar-refractivity contribution < 1.29 is 4.79 Å². The maximum Gasteiger partial charge on any atom is 0.257 e. The lowest BCUT2D eigenvalue weighted by atomic mass is 10.0. The molecule has 7 nitrogen and oxygen atoms in total. The Bertz CT molecular complexity index is 1320. The fraction of sp³-hybridized carbons (Fsp3) is 0.250. The van der Waals surface area contributed by atoms with Crippen molar-refractivity contribution in [3.63, 3.8) is 0 Å². The Labute approximate surface area is 180 Å². The molecule has 1 aliphatic rings. The molecule has 1 unspecified atom stereocenters. The summed E-state index contributed by atoms with van der Waals surface area (Å²) in [5.41, 5.74) is 7.42. The summed E-state index contributed by atoms with van der Waals surface area (Å²) in [7, 11) is 0. The summed E-state index contributed by atoms with van der Waals surface area (Å²) in [5.74, 6) is 0.718. The number of aromatic amines is 1. The molecule has 1 N–H and O–H groups in total. The molecule has 1 aliphatic heterocycles. The third kappa shape index (κ3) is 3.22. The third-order valence-corrected chi connectivity index (χ3v) is 6.04. The fourth-order valence-corrected chi connectivity index (χ4v) is 4.24. The summed E-state index contributed by atoms with van der Waals surface area (Å²) in [6.45, 7) is 10.7. The summed E-state index contributed by atoms with van der Waals surface area (Å²) >= 11 is 0. The Morgan fingerprint density at radius 3 is 2.58 bits per heavy atom. The number of hydrogen-bond acceptors (Lipinski definition) is 4. The molecule has 3 heterocycles. The molecule has 2 aromatic carbocycles. The van der Waals surface area contributed by atoms with Crippen LogP contribution in [0.3, 0.4) is 0 Å². The van der Waals surface area contributed by atoms with Crippen molar-refractivity contribution >= 4 is 16.9 Å². The topological polar surface area (TPSA) is 79.7 Å². The number of aryl methyl sites for hydroxylation is 3. The van der Waals surface area contributed by atoms with Gasteiger partial charge in [-0.2, -0.15) is 15.0 Å². The molecule has 2 aromatic heterocycles. The zero-order valence-electron chi connectivity index (χ0n) is 17.9. The number of nitrogens with zero attached hydrogens (tertiary/aromatic N) is 5. The number of imidazole rings is 1. The molecule has 0 saturated carbocycles. The molecule has 0 spiro atoms. The number of aromatic nitrogens is 5. The maximum absolute atomic E-state index is 13.8. The van der Waals surface area contributed by atoms with Crippen LogP contribution in [0.4, 0.5) is 0 Å².